The van der Waals surface area contributed by atoms with Gasteiger partial charge in [0.15, 0.2) is 0 Å². The van der Waals surface area contributed by atoms with Crippen LogP contribution >= 0.6 is 11.8 Å². The first-order valence-electron chi connectivity index (χ1n) is 8.48. The Morgan fingerprint density at radius 3 is 2.68 bits per heavy atom. The number of thioether (sulfide) groups is 1. The fourth-order valence-corrected chi connectivity index (χ4v) is 3.30. The maximum Gasteiger partial charge on any atom is 0.249 e. The molecular weight excluding hydrogens is 372 g/mol. The number of carbonyl (C=O) groups is 1. The van der Waals surface area contributed by atoms with E-state index in [2.05, 4.69) is 21.6 Å². The standard InChI is InChI=1S/C21H18N4O2S/c1-27-17-10-7-15(8-11-17)9-12-19(26)23-20-18(13-22)21(25-24-20)28-14-16-5-3-2-4-6-16/h2-12H,14H2,1H3,(H2,23,24,25,26). The molecule has 0 aliphatic heterocycles. The van der Waals surface area contributed by atoms with Crippen LogP contribution in [0.15, 0.2) is 65.7 Å². The highest BCUT2D eigenvalue weighted by molar-refractivity contribution is 7.98. The van der Waals surface area contributed by atoms with Gasteiger partial charge in [-0.15, -0.1) is 0 Å². The molecule has 1 amide bonds. The number of amides is 1. The molecule has 0 unspecified atom stereocenters. The average Bonchev–Trinajstić information content (AvgIpc) is 3.13. The van der Waals surface area contributed by atoms with Gasteiger partial charge < -0.3 is 10.1 Å². The summed E-state index contributed by atoms with van der Waals surface area (Å²) in [5.41, 5.74) is 2.32. The van der Waals surface area contributed by atoms with Crippen molar-refractivity contribution in [1.82, 2.24) is 10.2 Å². The number of hydrogen-bond acceptors (Lipinski definition) is 5. The van der Waals surface area contributed by atoms with Gasteiger partial charge in [-0.1, -0.05) is 54.2 Å². The van der Waals surface area contributed by atoms with Crippen molar-refractivity contribution in [3.63, 3.8) is 0 Å². The van der Waals surface area contributed by atoms with Gasteiger partial charge in [0.05, 0.1) is 7.11 Å². The highest BCUT2D eigenvalue weighted by Crippen LogP contribution is 2.28. The van der Waals surface area contributed by atoms with Crippen molar-refractivity contribution in [3.05, 3.63) is 77.4 Å². The van der Waals surface area contributed by atoms with E-state index < -0.39 is 0 Å². The summed E-state index contributed by atoms with van der Waals surface area (Å²) >= 11 is 1.44. The number of hydrogen-bond donors (Lipinski definition) is 2. The second-order valence-electron chi connectivity index (χ2n) is 5.76. The number of rotatable bonds is 7. The van der Waals surface area contributed by atoms with Crippen LogP contribution in [0.1, 0.15) is 16.7 Å². The Balaban J connectivity index is 1.63. The average molecular weight is 390 g/mol. The maximum absolute atomic E-state index is 12.2. The zero-order valence-electron chi connectivity index (χ0n) is 15.2. The molecule has 3 rings (SSSR count). The van der Waals surface area contributed by atoms with Gasteiger partial charge in [0.2, 0.25) is 5.91 Å². The molecule has 0 spiro atoms. The second kappa shape index (κ2) is 9.44. The molecule has 0 fully saturated rings. The molecule has 3 aromatic rings. The Kier molecular flexibility index (Phi) is 6.50. The molecule has 28 heavy (non-hydrogen) atoms. The lowest BCUT2D eigenvalue weighted by Crippen LogP contribution is -2.09. The summed E-state index contributed by atoms with van der Waals surface area (Å²) in [6, 6.07) is 19.3. The van der Waals surface area contributed by atoms with E-state index in [-0.39, 0.29) is 5.91 Å². The molecule has 1 aromatic heterocycles. The van der Waals surface area contributed by atoms with Crippen LogP contribution in [0.5, 0.6) is 5.75 Å². The minimum atomic E-state index is -0.351. The molecule has 1 heterocycles. The minimum Gasteiger partial charge on any atom is -0.497 e. The number of nitrogens with one attached hydrogen (secondary N) is 2. The molecule has 0 saturated carbocycles. The number of nitriles is 1. The summed E-state index contributed by atoms with van der Waals surface area (Å²) in [6.07, 6.45) is 3.09. The van der Waals surface area contributed by atoms with Gasteiger partial charge in [0.25, 0.3) is 0 Å². The fraction of sp³-hybridized carbons (Fsp3) is 0.0952. The summed E-state index contributed by atoms with van der Waals surface area (Å²) in [6.45, 7) is 0. The Morgan fingerprint density at radius 2 is 2.00 bits per heavy atom. The Labute approximate surface area is 167 Å². The molecule has 0 aliphatic carbocycles. The summed E-state index contributed by atoms with van der Waals surface area (Å²) < 4.78 is 5.10. The molecular formula is C21H18N4O2S. The molecule has 0 saturated heterocycles. The topological polar surface area (TPSA) is 90.8 Å². The highest BCUT2D eigenvalue weighted by Gasteiger charge is 2.15. The number of ether oxygens (including phenoxy) is 1. The predicted molar refractivity (Wildman–Crippen MR) is 110 cm³/mol. The Bertz CT molecular complexity index is 1010. The third-order valence-corrected chi connectivity index (χ3v) is 4.90. The van der Waals surface area contributed by atoms with Gasteiger partial charge in [-0.25, -0.2) is 0 Å². The molecule has 2 N–H and O–H groups in total. The van der Waals surface area contributed by atoms with Crippen LogP contribution < -0.4 is 10.1 Å². The summed E-state index contributed by atoms with van der Waals surface area (Å²) in [7, 11) is 1.60. The monoisotopic (exact) mass is 390 g/mol. The Hall–Kier alpha value is -3.50. The van der Waals surface area contributed by atoms with Crippen LogP contribution in [-0.2, 0) is 10.5 Å². The van der Waals surface area contributed by atoms with E-state index in [9.17, 15) is 10.1 Å². The van der Waals surface area contributed by atoms with Gasteiger partial charge in [0.1, 0.15) is 28.2 Å². The number of aromatic amines is 1. The predicted octanol–water partition coefficient (Wildman–Crippen LogP) is 4.23. The molecule has 6 nitrogen and oxygen atoms in total. The van der Waals surface area contributed by atoms with Crippen LogP contribution in [0.25, 0.3) is 6.08 Å². The molecule has 7 heteroatoms. The van der Waals surface area contributed by atoms with Gasteiger partial charge in [0, 0.05) is 11.8 Å². The third-order valence-electron chi connectivity index (χ3n) is 3.85. The van der Waals surface area contributed by atoms with Gasteiger partial charge in [-0.05, 0) is 29.3 Å². The normalized spacial score (nSPS) is 10.6. The highest BCUT2D eigenvalue weighted by atomic mass is 32.2. The van der Waals surface area contributed by atoms with Crippen molar-refractivity contribution >= 4 is 29.6 Å². The molecule has 2 aromatic carbocycles. The molecule has 140 valence electrons. The van der Waals surface area contributed by atoms with E-state index in [0.29, 0.717) is 22.2 Å². The number of nitrogens with zero attached hydrogens (tertiary/aromatic N) is 2. The molecule has 0 atom stereocenters. The maximum atomic E-state index is 12.2. The van der Waals surface area contributed by atoms with E-state index in [4.69, 9.17) is 4.74 Å². The number of anilines is 1. The zero-order valence-corrected chi connectivity index (χ0v) is 16.0. The van der Waals surface area contributed by atoms with E-state index >= 15 is 0 Å². The summed E-state index contributed by atoms with van der Waals surface area (Å²) in [5.74, 6) is 1.38. The van der Waals surface area contributed by atoms with E-state index in [1.54, 1.807) is 13.2 Å². The number of benzene rings is 2. The van der Waals surface area contributed by atoms with E-state index in [1.807, 2.05) is 54.6 Å². The van der Waals surface area contributed by atoms with Crippen molar-refractivity contribution in [3.8, 4) is 11.8 Å². The first kappa shape index (κ1) is 19.3. The van der Waals surface area contributed by atoms with Crippen LogP contribution in [0, 0.1) is 11.3 Å². The lowest BCUT2D eigenvalue weighted by Gasteiger charge is -2.01. The molecule has 0 radical (unpaired) electrons. The van der Waals surface area contributed by atoms with Crippen molar-refractivity contribution in [1.29, 1.82) is 5.26 Å². The fourth-order valence-electron chi connectivity index (χ4n) is 2.40. The lowest BCUT2D eigenvalue weighted by atomic mass is 10.2. The zero-order chi connectivity index (χ0) is 19.8. The van der Waals surface area contributed by atoms with Crippen molar-refractivity contribution in [2.75, 3.05) is 12.4 Å². The number of carbonyl (C=O) groups excluding carboxylic acids is 1. The smallest absolute Gasteiger partial charge is 0.249 e. The first-order valence-corrected chi connectivity index (χ1v) is 9.46. The quantitative estimate of drug-likeness (QED) is 0.465. The van der Waals surface area contributed by atoms with Gasteiger partial charge in [-0.2, -0.15) is 10.4 Å². The first-order chi connectivity index (χ1) is 13.7. The lowest BCUT2D eigenvalue weighted by molar-refractivity contribution is -0.111. The van der Waals surface area contributed by atoms with Crippen molar-refractivity contribution in [2.45, 2.75) is 10.8 Å². The number of methoxy groups -OCH3 is 1. The van der Waals surface area contributed by atoms with Gasteiger partial charge >= 0.3 is 0 Å². The van der Waals surface area contributed by atoms with Crippen LogP contribution in [0.2, 0.25) is 0 Å². The van der Waals surface area contributed by atoms with Crippen LogP contribution in [-0.4, -0.2) is 23.2 Å². The van der Waals surface area contributed by atoms with E-state index in [0.717, 1.165) is 16.9 Å². The summed E-state index contributed by atoms with van der Waals surface area (Å²) in [5, 5.41) is 19.6. The Morgan fingerprint density at radius 1 is 1.25 bits per heavy atom. The molecule has 0 bridgehead atoms. The second-order valence-corrected chi connectivity index (χ2v) is 6.72. The van der Waals surface area contributed by atoms with E-state index in [1.165, 1.54) is 17.8 Å². The van der Waals surface area contributed by atoms with Crippen LogP contribution in [0.3, 0.4) is 0 Å². The minimum absolute atomic E-state index is 0.294. The number of aromatic nitrogens is 2. The van der Waals surface area contributed by atoms with Crippen LogP contribution in [0.4, 0.5) is 5.82 Å². The van der Waals surface area contributed by atoms with Gasteiger partial charge in [-0.3, -0.25) is 9.89 Å². The number of H-pyrrole nitrogens is 1. The third kappa shape index (κ3) is 5.02. The SMILES string of the molecule is COc1ccc(C=CC(=O)Nc2[nH]nc(SCc3ccccc3)c2C#N)cc1. The molecule has 0 aliphatic rings. The van der Waals surface area contributed by atoms with Crippen molar-refractivity contribution in [2.24, 2.45) is 0 Å². The summed E-state index contributed by atoms with van der Waals surface area (Å²) in [4.78, 5) is 12.2. The largest absolute Gasteiger partial charge is 0.497 e. The van der Waals surface area contributed by atoms with Crippen molar-refractivity contribution < 1.29 is 9.53 Å².